The van der Waals surface area contributed by atoms with E-state index in [1.807, 2.05) is 24.3 Å². The van der Waals surface area contributed by atoms with Gasteiger partial charge in [0.1, 0.15) is 30.8 Å². The van der Waals surface area contributed by atoms with Crippen molar-refractivity contribution in [2.45, 2.75) is 32.2 Å². The molecule has 0 amide bonds. The molecule has 1 saturated heterocycles. The number of carboxylic acids is 1. The molecule has 150 valence electrons. The zero-order chi connectivity index (χ0) is 20.3. The summed E-state index contributed by atoms with van der Waals surface area (Å²) in [6, 6.07) is 9.43. The number of thioether (sulfide) groups is 1. The van der Waals surface area contributed by atoms with Crippen molar-refractivity contribution in [2.75, 3.05) is 19.0 Å². The fraction of sp³-hybridized carbons (Fsp3) is 0.381. The third-order valence-electron chi connectivity index (χ3n) is 4.70. The standard InChI is InChI=1S/C21H24BrNO4S/c1-12-8-13(2)14(3)19(9-12)27-7-6-26-18-5-4-15(22)10-16(18)20-23-17(11-28-20)21(24)25/h4-5,8-10,17,20,23H,6-7,11H2,1-3H3,(H,24,25). The first-order chi connectivity index (χ1) is 13.3. The van der Waals surface area contributed by atoms with E-state index in [0.29, 0.717) is 19.0 Å². The number of rotatable bonds is 7. The van der Waals surface area contributed by atoms with E-state index in [1.54, 1.807) is 11.8 Å². The van der Waals surface area contributed by atoms with E-state index >= 15 is 0 Å². The average Bonchev–Trinajstić information content (AvgIpc) is 3.13. The van der Waals surface area contributed by atoms with Crippen molar-refractivity contribution in [3.63, 3.8) is 0 Å². The molecule has 0 radical (unpaired) electrons. The fourth-order valence-corrected chi connectivity index (χ4v) is 4.73. The Morgan fingerprint density at radius 1 is 1.18 bits per heavy atom. The summed E-state index contributed by atoms with van der Waals surface area (Å²) >= 11 is 5.06. The third-order valence-corrected chi connectivity index (χ3v) is 6.44. The Morgan fingerprint density at radius 2 is 1.89 bits per heavy atom. The van der Waals surface area contributed by atoms with Crippen LogP contribution in [0.4, 0.5) is 0 Å². The molecule has 2 aromatic rings. The molecule has 0 aromatic heterocycles. The first-order valence-corrected chi connectivity index (χ1v) is 10.9. The number of hydrogen-bond acceptors (Lipinski definition) is 5. The predicted octanol–water partition coefficient (Wildman–Crippen LogP) is 4.62. The lowest BCUT2D eigenvalue weighted by Gasteiger charge is -2.18. The second-order valence-corrected chi connectivity index (χ2v) is 8.91. The van der Waals surface area contributed by atoms with Gasteiger partial charge in [-0.05, 0) is 61.7 Å². The molecule has 2 N–H and O–H groups in total. The van der Waals surface area contributed by atoms with Gasteiger partial charge < -0.3 is 14.6 Å². The predicted molar refractivity (Wildman–Crippen MR) is 116 cm³/mol. The number of carboxylic acid groups (broad SMARTS) is 1. The van der Waals surface area contributed by atoms with Crippen LogP contribution in [-0.4, -0.2) is 36.1 Å². The van der Waals surface area contributed by atoms with Crippen LogP contribution >= 0.6 is 27.7 Å². The Morgan fingerprint density at radius 3 is 2.57 bits per heavy atom. The largest absolute Gasteiger partial charge is 0.490 e. The van der Waals surface area contributed by atoms with Gasteiger partial charge in [0.25, 0.3) is 0 Å². The molecule has 3 rings (SSSR count). The van der Waals surface area contributed by atoms with Crippen molar-refractivity contribution in [1.29, 1.82) is 0 Å². The lowest BCUT2D eigenvalue weighted by molar-refractivity contribution is -0.138. The molecule has 0 bridgehead atoms. The monoisotopic (exact) mass is 465 g/mol. The first kappa shape index (κ1) is 21.0. The molecule has 7 heteroatoms. The van der Waals surface area contributed by atoms with Crippen LogP contribution in [-0.2, 0) is 4.79 Å². The van der Waals surface area contributed by atoms with Gasteiger partial charge in [-0.15, -0.1) is 11.8 Å². The van der Waals surface area contributed by atoms with Crippen molar-refractivity contribution < 1.29 is 19.4 Å². The molecule has 2 atom stereocenters. The van der Waals surface area contributed by atoms with Crippen molar-refractivity contribution in [3.05, 3.63) is 57.1 Å². The molecular formula is C21H24BrNO4S. The van der Waals surface area contributed by atoms with E-state index in [-0.39, 0.29) is 5.37 Å². The van der Waals surface area contributed by atoms with Gasteiger partial charge in [0.2, 0.25) is 0 Å². The highest BCUT2D eigenvalue weighted by Crippen LogP contribution is 2.39. The number of aryl methyl sites for hydroxylation is 2. The summed E-state index contributed by atoms with van der Waals surface area (Å²) in [5.41, 5.74) is 4.46. The molecule has 2 unspecified atom stereocenters. The summed E-state index contributed by atoms with van der Waals surface area (Å²) in [4.78, 5) is 11.2. The van der Waals surface area contributed by atoms with Gasteiger partial charge in [-0.1, -0.05) is 22.0 Å². The lowest BCUT2D eigenvalue weighted by Crippen LogP contribution is -2.33. The quantitative estimate of drug-likeness (QED) is 0.581. The summed E-state index contributed by atoms with van der Waals surface area (Å²) in [5.74, 6) is 1.32. The second-order valence-electron chi connectivity index (χ2n) is 6.85. The van der Waals surface area contributed by atoms with Crippen LogP contribution < -0.4 is 14.8 Å². The van der Waals surface area contributed by atoms with Gasteiger partial charge in [0.15, 0.2) is 0 Å². The van der Waals surface area contributed by atoms with Crippen molar-refractivity contribution >= 4 is 33.7 Å². The average molecular weight is 466 g/mol. The second kappa shape index (κ2) is 9.20. The third kappa shape index (κ3) is 5.01. The van der Waals surface area contributed by atoms with E-state index in [0.717, 1.165) is 27.1 Å². The molecule has 5 nitrogen and oxygen atoms in total. The van der Waals surface area contributed by atoms with Crippen molar-refractivity contribution in [3.8, 4) is 11.5 Å². The maximum Gasteiger partial charge on any atom is 0.321 e. The molecule has 1 heterocycles. The van der Waals surface area contributed by atoms with Crippen LogP contribution in [0, 0.1) is 20.8 Å². The highest BCUT2D eigenvalue weighted by atomic mass is 79.9. The minimum atomic E-state index is -0.829. The Balaban J connectivity index is 1.63. The lowest BCUT2D eigenvalue weighted by atomic mass is 10.1. The zero-order valence-electron chi connectivity index (χ0n) is 16.1. The molecule has 0 aliphatic carbocycles. The van der Waals surface area contributed by atoms with Gasteiger partial charge >= 0.3 is 5.97 Å². The summed E-state index contributed by atoms with van der Waals surface area (Å²) in [5, 5.41) is 12.2. The van der Waals surface area contributed by atoms with Crippen molar-refractivity contribution in [1.82, 2.24) is 5.32 Å². The smallest absolute Gasteiger partial charge is 0.321 e. The molecule has 1 aliphatic rings. The topological polar surface area (TPSA) is 67.8 Å². The summed E-state index contributed by atoms with van der Waals surface area (Å²) in [6.45, 7) is 7.03. The van der Waals surface area contributed by atoms with E-state index in [4.69, 9.17) is 9.47 Å². The number of ether oxygens (including phenoxy) is 2. The Labute approximate surface area is 177 Å². The minimum Gasteiger partial charge on any atom is -0.490 e. The van der Waals surface area contributed by atoms with Crippen LogP contribution in [0.15, 0.2) is 34.8 Å². The van der Waals surface area contributed by atoms with Crippen LogP contribution in [0.1, 0.15) is 27.6 Å². The van der Waals surface area contributed by atoms with Crippen LogP contribution in [0.2, 0.25) is 0 Å². The highest BCUT2D eigenvalue weighted by Gasteiger charge is 2.32. The summed E-state index contributed by atoms with van der Waals surface area (Å²) in [7, 11) is 0. The van der Waals surface area contributed by atoms with E-state index < -0.39 is 12.0 Å². The maximum atomic E-state index is 11.2. The summed E-state index contributed by atoms with van der Waals surface area (Å²) < 4.78 is 12.8. The SMILES string of the molecule is Cc1cc(C)c(C)c(OCCOc2ccc(Br)cc2C2NC(C(=O)O)CS2)c1. The molecule has 28 heavy (non-hydrogen) atoms. The number of carbonyl (C=O) groups is 1. The molecule has 0 saturated carbocycles. The van der Waals surface area contributed by atoms with Gasteiger partial charge in [-0.2, -0.15) is 0 Å². The van der Waals surface area contributed by atoms with Crippen LogP contribution in [0.5, 0.6) is 11.5 Å². The summed E-state index contributed by atoms with van der Waals surface area (Å²) in [6.07, 6.45) is 0. The minimum absolute atomic E-state index is 0.115. The van der Waals surface area contributed by atoms with Crippen LogP contribution in [0.25, 0.3) is 0 Å². The number of benzene rings is 2. The van der Waals surface area contributed by atoms with Gasteiger partial charge in [0, 0.05) is 15.8 Å². The number of aliphatic carboxylic acids is 1. The van der Waals surface area contributed by atoms with Crippen molar-refractivity contribution in [2.24, 2.45) is 0 Å². The Kier molecular flexibility index (Phi) is 6.91. The van der Waals surface area contributed by atoms with Gasteiger partial charge in [-0.3, -0.25) is 10.1 Å². The van der Waals surface area contributed by atoms with Gasteiger partial charge in [-0.25, -0.2) is 0 Å². The Hall–Kier alpha value is -1.70. The Bertz CT molecular complexity index is 874. The van der Waals surface area contributed by atoms with E-state index in [9.17, 15) is 9.90 Å². The van der Waals surface area contributed by atoms with Crippen LogP contribution in [0.3, 0.4) is 0 Å². The molecule has 1 fully saturated rings. The highest BCUT2D eigenvalue weighted by molar-refractivity contribution is 9.10. The first-order valence-electron chi connectivity index (χ1n) is 9.08. The molecular weight excluding hydrogens is 442 g/mol. The number of halogens is 1. The zero-order valence-corrected chi connectivity index (χ0v) is 18.5. The van der Waals surface area contributed by atoms with E-state index in [1.165, 1.54) is 11.1 Å². The van der Waals surface area contributed by atoms with E-state index in [2.05, 4.69) is 48.1 Å². The number of hydrogen-bond donors (Lipinski definition) is 2. The molecule has 1 aliphatic heterocycles. The maximum absolute atomic E-state index is 11.2. The number of nitrogens with one attached hydrogen (secondary N) is 1. The molecule has 0 spiro atoms. The normalized spacial score (nSPS) is 18.9. The van der Waals surface area contributed by atoms with Gasteiger partial charge in [0.05, 0.1) is 5.37 Å². The molecule has 2 aromatic carbocycles. The fourth-order valence-electron chi connectivity index (χ4n) is 3.10.